The molecule has 0 aromatic heterocycles. The molecule has 0 spiro atoms. The molecular weight excluding hydrogens is 409 g/mol. The molecule has 2 aromatic rings. The summed E-state index contributed by atoms with van der Waals surface area (Å²) in [4.78, 5) is 12.3. The molecule has 1 N–H and O–H groups in total. The summed E-state index contributed by atoms with van der Waals surface area (Å²) in [6.07, 6.45) is 0. The third kappa shape index (κ3) is 3.87. The van der Waals surface area contributed by atoms with Crippen LogP contribution in [0.3, 0.4) is 0 Å². The van der Waals surface area contributed by atoms with Crippen LogP contribution in [0, 0.1) is 3.57 Å². The summed E-state index contributed by atoms with van der Waals surface area (Å²) in [5, 5.41) is 2.90. The van der Waals surface area contributed by atoms with E-state index in [4.69, 9.17) is 14.2 Å². The van der Waals surface area contributed by atoms with Crippen LogP contribution < -0.4 is 19.5 Å². The number of hydrogen-bond donors (Lipinski definition) is 1. The van der Waals surface area contributed by atoms with E-state index in [1.807, 2.05) is 24.3 Å². The van der Waals surface area contributed by atoms with Gasteiger partial charge in [-0.3, -0.25) is 4.79 Å². The highest BCUT2D eigenvalue weighted by molar-refractivity contribution is 14.1. The van der Waals surface area contributed by atoms with Gasteiger partial charge < -0.3 is 19.5 Å². The van der Waals surface area contributed by atoms with Gasteiger partial charge in [0.2, 0.25) is 5.75 Å². The van der Waals surface area contributed by atoms with Gasteiger partial charge in [0.25, 0.3) is 5.91 Å². The molecule has 5 nitrogen and oxygen atoms in total. The van der Waals surface area contributed by atoms with Gasteiger partial charge in [-0.15, -0.1) is 0 Å². The Morgan fingerprint density at radius 1 is 1.00 bits per heavy atom. The summed E-state index contributed by atoms with van der Waals surface area (Å²) in [5.74, 6) is 1.51. The van der Waals surface area contributed by atoms with E-state index >= 15 is 0 Å². The Labute approximate surface area is 149 Å². The zero-order valence-corrected chi connectivity index (χ0v) is 15.3. The van der Waals surface area contributed by atoms with Gasteiger partial charge in [0.15, 0.2) is 11.5 Å². The van der Waals surface area contributed by atoms with Crippen LogP contribution in [0.2, 0.25) is 0 Å². The smallest absolute Gasteiger partial charge is 0.252 e. The zero-order chi connectivity index (χ0) is 16.8. The lowest BCUT2D eigenvalue weighted by atomic mass is 10.1. The Kier molecular flexibility index (Phi) is 6.09. The Morgan fingerprint density at radius 3 is 2.30 bits per heavy atom. The van der Waals surface area contributed by atoms with Crippen LogP contribution in [0.25, 0.3) is 0 Å². The molecule has 6 heteroatoms. The monoisotopic (exact) mass is 427 g/mol. The van der Waals surface area contributed by atoms with E-state index in [0.717, 1.165) is 9.13 Å². The van der Waals surface area contributed by atoms with Gasteiger partial charge in [0, 0.05) is 15.7 Å². The maximum Gasteiger partial charge on any atom is 0.252 e. The van der Waals surface area contributed by atoms with Gasteiger partial charge in [-0.2, -0.15) is 0 Å². The number of rotatable bonds is 6. The lowest BCUT2D eigenvalue weighted by molar-refractivity contribution is 0.0949. The molecule has 0 radical (unpaired) electrons. The SMILES string of the molecule is COc1ccc(CNC(=O)c2ccccc2I)c(OC)c1OC. The van der Waals surface area contributed by atoms with Gasteiger partial charge in [-0.1, -0.05) is 12.1 Å². The normalized spacial score (nSPS) is 10.1. The highest BCUT2D eigenvalue weighted by atomic mass is 127. The fourth-order valence-electron chi connectivity index (χ4n) is 2.22. The van der Waals surface area contributed by atoms with Crippen LogP contribution in [0.4, 0.5) is 0 Å². The van der Waals surface area contributed by atoms with Crippen LogP contribution >= 0.6 is 22.6 Å². The first-order valence-corrected chi connectivity index (χ1v) is 8.00. The van der Waals surface area contributed by atoms with Gasteiger partial charge in [0.05, 0.1) is 26.9 Å². The quantitative estimate of drug-likeness (QED) is 0.720. The van der Waals surface area contributed by atoms with Crippen molar-refractivity contribution in [3.05, 3.63) is 51.1 Å². The maximum absolute atomic E-state index is 12.3. The summed E-state index contributed by atoms with van der Waals surface area (Å²) in [6.45, 7) is 0.327. The summed E-state index contributed by atoms with van der Waals surface area (Å²) in [7, 11) is 4.67. The first kappa shape index (κ1) is 17.4. The summed E-state index contributed by atoms with van der Waals surface area (Å²) >= 11 is 2.14. The van der Waals surface area contributed by atoms with E-state index in [1.165, 1.54) is 0 Å². The molecule has 1 amide bonds. The lowest BCUT2D eigenvalue weighted by Crippen LogP contribution is -2.24. The molecule has 0 unspecified atom stereocenters. The molecule has 0 aliphatic heterocycles. The molecule has 23 heavy (non-hydrogen) atoms. The molecular formula is C17H18INO4. The van der Waals surface area contributed by atoms with Crippen molar-refractivity contribution in [2.45, 2.75) is 6.54 Å². The van der Waals surface area contributed by atoms with Crippen LogP contribution in [-0.4, -0.2) is 27.2 Å². The van der Waals surface area contributed by atoms with E-state index in [0.29, 0.717) is 29.4 Å². The van der Waals surface area contributed by atoms with E-state index in [1.54, 1.807) is 33.5 Å². The number of amides is 1. The molecule has 0 fully saturated rings. The largest absolute Gasteiger partial charge is 0.493 e. The van der Waals surface area contributed by atoms with Crippen LogP contribution in [0.15, 0.2) is 36.4 Å². The fourth-order valence-corrected chi connectivity index (χ4v) is 2.85. The first-order valence-electron chi connectivity index (χ1n) is 6.93. The van der Waals surface area contributed by atoms with E-state index < -0.39 is 0 Å². The van der Waals surface area contributed by atoms with Crippen molar-refractivity contribution >= 4 is 28.5 Å². The highest BCUT2D eigenvalue weighted by Gasteiger charge is 2.17. The van der Waals surface area contributed by atoms with Crippen molar-refractivity contribution in [1.29, 1.82) is 0 Å². The minimum absolute atomic E-state index is 0.133. The number of nitrogens with one attached hydrogen (secondary N) is 1. The molecule has 0 aliphatic rings. The number of benzene rings is 2. The molecule has 0 heterocycles. The second-order valence-corrected chi connectivity index (χ2v) is 5.82. The van der Waals surface area contributed by atoms with Crippen molar-refractivity contribution in [1.82, 2.24) is 5.32 Å². The predicted octanol–water partition coefficient (Wildman–Crippen LogP) is 3.25. The van der Waals surface area contributed by atoms with Gasteiger partial charge in [-0.05, 0) is 46.9 Å². The summed E-state index contributed by atoms with van der Waals surface area (Å²) < 4.78 is 16.9. The Balaban J connectivity index is 2.21. The highest BCUT2D eigenvalue weighted by Crippen LogP contribution is 2.39. The van der Waals surface area contributed by atoms with Crippen LogP contribution in [0.5, 0.6) is 17.2 Å². The van der Waals surface area contributed by atoms with Crippen molar-refractivity contribution < 1.29 is 19.0 Å². The summed E-state index contributed by atoms with van der Waals surface area (Å²) in [6, 6.07) is 11.1. The lowest BCUT2D eigenvalue weighted by Gasteiger charge is -2.16. The van der Waals surface area contributed by atoms with E-state index in [2.05, 4.69) is 27.9 Å². The van der Waals surface area contributed by atoms with Crippen molar-refractivity contribution in [3.63, 3.8) is 0 Å². The zero-order valence-electron chi connectivity index (χ0n) is 13.2. The fraction of sp³-hybridized carbons (Fsp3) is 0.235. The van der Waals surface area contributed by atoms with Gasteiger partial charge >= 0.3 is 0 Å². The third-order valence-corrected chi connectivity index (χ3v) is 4.28. The second-order valence-electron chi connectivity index (χ2n) is 4.66. The van der Waals surface area contributed by atoms with Crippen LogP contribution in [0.1, 0.15) is 15.9 Å². The molecule has 0 saturated heterocycles. The molecule has 2 aromatic carbocycles. The van der Waals surface area contributed by atoms with Gasteiger partial charge in [0.1, 0.15) is 0 Å². The standard InChI is InChI=1S/C17H18INO4/c1-21-14-9-8-11(15(22-2)16(14)23-3)10-19-17(20)12-6-4-5-7-13(12)18/h4-9H,10H2,1-3H3,(H,19,20). The first-order chi connectivity index (χ1) is 11.1. The predicted molar refractivity (Wildman–Crippen MR) is 96.4 cm³/mol. The van der Waals surface area contributed by atoms with Crippen molar-refractivity contribution in [2.75, 3.05) is 21.3 Å². The van der Waals surface area contributed by atoms with Crippen molar-refractivity contribution in [2.24, 2.45) is 0 Å². The average Bonchev–Trinajstić information content (AvgIpc) is 2.58. The van der Waals surface area contributed by atoms with E-state index in [9.17, 15) is 4.79 Å². The Bertz CT molecular complexity index is 703. The Hall–Kier alpha value is -1.96. The number of carbonyl (C=O) groups is 1. The molecule has 0 atom stereocenters. The number of carbonyl (C=O) groups excluding carboxylic acids is 1. The minimum Gasteiger partial charge on any atom is -0.493 e. The maximum atomic E-state index is 12.3. The number of ether oxygens (including phenoxy) is 3. The molecule has 0 bridgehead atoms. The average molecular weight is 427 g/mol. The second kappa shape index (κ2) is 8.05. The number of methoxy groups -OCH3 is 3. The summed E-state index contributed by atoms with van der Waals surface area (Å²) in [5.41, 5.74) is 1.46. The van der Waals surface area contributed by atoms with Gasteiger partial charge in [-0.25, -0.2) is 0 Å². The Morgan fingerprint density at radius 2 is 1.70 bits per heavy atom. The van der Waals surface area contributed by atoms with Crippen LogP contribution in [-0.2, 0) is 6.54 Å². The molecule has 0 saturated carbocycles. The number of hydrogen-bond acceptors (Lipinski definition) is 4. The van der Waals surface area contributed by atoms with E-state index in [-0.39, 0.29) is 5.91 Å². The third-order valence-electron chi connectivity index (χ3n) is 3.34. The molecule has 0 aliphatic carbocycles. The topological polar surface area (TPSA) is 56.8 Å². The minimum atomic E-state index is -0.133. The molecule has 122 valence electrons. The van der Waals surface area contributed by atoms with Crippen molar-refractivity contribution in [3.8, 4) is 17.2 Å². The number of halogens is 1. The molecule has 2 rings (SSSR count).